The summed E-state index contributed by atoms with van der Waals surface area (Å²) in [6.45, 7) is 1.12. The van der Waals surface area contributed by atoms with E-state index in [4.69, 9.17) is 9.47 Å². The molecule has 4 rings (SSSR count). The van der Waals surface area contributed by atoms with Crippen LogP contribution in [0.15, 0.2) is 56.7 Å². The Balaban J connectivity index is 1.62. The highest BCUT2D eigenvalue weighted by Crippen LogP contribution is 2.27. The third kappa shape index (κ3) is 4.42. The highest BCUT2D eigenvalue weighted by Gasteiger charge is 2.28. The summed E-state index contributed by atoms with van der Waals surface area (Å²) in [5.41, 5.74) is 0.978. The number of morpholine rings is 1. The molecule has 2 N–H and O–H groups in total. The molecular formula is C20H20N4O7S. The Kier molecular flexibility index (Phi) is 6.08. The van der Waals surface area contributed by atoms with Gasteiger partial charge in [0.25, 0.3) is 5.91 Å². The minimum atomic E-state index is -3.79. The van der Waals surface area contributed by atoms with Crippen LogP contribution in [0.1, 0.15) is 10.4 Å². The molecule has 1 fully saturated rings. The number of anilines is 1. The number of methoxy groups -OCH3 is 1. The molecule has 0 saturated carbocycles. The van der Waals surface area contributed by atoms with Crippen LogP contribution in [0.2, 0.25) is 0 Å². The lowest BCUT2D eigenvalue weighted by Gasteiger charge is -2.26. The summed E-state index contributed by atoms with van der Waals surface area (Å²) in [5.74, 6) is -0.827. The summed E-state index contributed by atoms with van der Waals surface area (Å²) in [6, 6.07) is 10.7. The number of nitrogens with zero attached hydrogens (tertiary/aromatic N) is 2. The molecule has 1 saturated heterocycles. The second kappa shape index (κ2) is 8.94. The average Bonchev–Trinajstić information content (AvgIpc) is 3.25. The van der Waals surface area contributed by atoms with Gasteiger partial charge >= 0.3 is 5.76 Å². The van der Waals surface area contributed by atoms with Gasteiger partial charge in [0.15, 0.2) is 5.82 Å². The Hall–Kier alpha value is -3.48. The zero-order chi connectivity index (χ0) is 22.7. The monoisotopic (exact) mass is 460 g/mol. The number of carbonyl (C=O) groups excluding carboxylic acids is 1. The van der Waals surface area contributed by atoms with Gasteiger partial charge in [-0.1, -0.05) is 17.3 Å². The summed E-state index contributed by atoms with van der Waals surface area (Å²) >= 11 is 0. The maximum atomic E-state index is 13.0. The summed E-state index contributed by atoms with van der Waals surface area (Å²) < 4.78 is 42.3. The van der Waals surface area contributed by atoms with E-state index in [1.165, 1.54) is 29.6 Å². The molecule has 2 aromatic carbocycles. The summed E-state index contributed by atoms with van der Waals surface area (Å²) in [7, 11) is -2.40. The van der Waals surface area contributed by atoms with Crippen molar-refractivity contribution in [2.24, 2.45) is 0 Å². The van der Waals surface area contributed by atoms with Crippen molar-refractivity contribution in [3.63, 3.8) is 0 Å². The van der Waals surface area contributed by atoms with E-state index in [0.29, 0.717) is 24.5 Å². The maximum absolute atomic E-state index is 13.0. The van der Waals surface area contributed by atoms with E-state index in [9.17, 15) is 18.0 Å². The standard InChI is InChI=1S/C20H20N4O7S/c1-29-17-6-5-15(32(27,28)24-7-9-30-10-8-24)12-16(17)19(25)21-14-4-2-3-13(11-14)18-22-20(26)31-23-18/h2-6,11-12H,7-10H2,1H3,(H,21,25)(H,22,23,26). The Morgan fingerprint density at radius 3 is 2.66 bits per heavy atom. The first-order valence-electron chi connectivity index (χ1n) is 9.62. The number of ether oxygens (including phenoxy) is 2. The van der Waals surface area contributed by atoms with Crippen molar-refractivity contribution in [2.75, 3.05) is 38.7 Å². The Bertz CT molecular complexity index is 1290. The van der Waals surface area contributed by atoms with Gasteiger partial charge in [0.05, 0.1) is 30.8 Å². The number of benzene rings is 2. The zero-order valence-electron chi connectivity index (χ0n) is 17.0. The number of aromatic amines is 1. The highest BCUT2D eigenvalue weighted by atomic mass is 32.2. The number of nitrogens with one attached hydrogen (secondary N) is 2. The molecule has 11 nitrogen and oxygen atoms in total. The quantitative estimate of drug-likeness (QED) is 0.560. The fourth-order valence-corrected chi connectivity index (χ4v) is 4.69. The maximum Gasteiger partial charge on any atom is 0.439 e. The van der Waals surface area contributed by atoms with E-state index in [0.717, 1.165) is 0 Å². The molecule has 1 amide bonds. The third-order valence-electron chi connectivity index (χ3n) is 4.86. The smallest absolute Gasteiger partial charge is 0.439 e. The normalized spacial score (nSPS) is 14.8. The molecule has 1 aliphatic rings. The van der Waals surface area contributed by atoms with Crippen molar-refractivity contribution in [3.05, 3.63) is 58.6 Å². The number of hydrogen-bond acceptors (Lipinski definition) is 8. The Morgan fingerprint density at radius 1 is 1.19 bits per heavy atom. The first-order chi connectivity index (χ1) is 15.4. The molecule has 0 spiro atoms. The van der Waals surface area contributed by atoms with E-state index < -0.39 is 21.7 Å². The second-order valence-corrected chi connectivity index (χ2v) is 8.80. The molecule has 0 radical (unpaired) electrons. The first-order valence-corrected chi connectivity index (χ1v) is 11.1. The van der Waals surface area contributed by atoms with Crippen molar-refractivity contribution < 1.29 is 27.2 Å². The molecule has 168 valence electrons. The average molecular weight is 460 g/mol. The third-order valence-corrected chi connectivity index (χ3v) is 6.75. The molecule has 0 aliphatic carbocycles. The van der Waals surface area contributed by atoms with Gasteiger partial charge < -0.3 is 14.8 Å². The van der Waals surface area contributed by atoms with Gasteiger partial charge in [-0.05, 0) is 30.3 Å². The summed E-state index contributed by atoms with van der Waals surface area (Å²) in [6.07, 6.45) is 0. The Morgan fingerprint density at radius 2 is 1.97 bits per heavy atom. The lowest BCUT2D eigenvalue weighted by atomic mass is 10.1. The van der Waals surface area contributed by atoms with Gasteiger partial charge in [-0.3, -0.25) is 14.3 Å². The lowest BCUT2D eigenvalue weighted by molar-refractivity contribution is 0.0730. The molecule has 0 atom stereocenters. The lowest BCUT2D eigenvalue weighted by Crippen LogP contribution is -2.40. The number of sulfonamides is 1. The molecule has 2 heterocycles. The fourth-order valence-electron chi connectivity index (χ4n) is 3.26. The summed E-state index contributed by atoms with van der Waals surface area (Å²) in [5, 5.41) is 6.33. The highest BCUT2D eigenvalue weighted by molar-refractivity contribution is 7.89. The van der Waals surface area contributed by atoms with Gasteiger partial charge in [-0.15, -0.1) is 0 Å². The molecule has 32 heavy (non-hydrogen) atoms. The van der Waals surface area contributed by atoms with Crippen molar-refractivity contribution in [1.82, 2.24) is 14.4 Å². The van der Waals surface area contributed by atoms with E-state index in [-0.39, 0.29) is 35.1 Å². The molecule has 0 bridgehead atoms. The minimum absolute atomic E-state index is 0.0146. The van der Waals surface area contributed by atoms with Crippen molar-refractivity contribution >= 4 is 21.6 Å². The van der Waals surface area contributed by atoms with E-state index in [1.807, 2.05) is 0 Å². The van der Waals surface area contributed by atoms with Crippen LogP contribution in [0, 0.1) is 0 Å². The van der Waals surface area contributed by atoms with Crippen LogP contribution in [-0.2, 0) is 14.8 Å². The number of hydrogen-bond donors (Lipinski definition) is 2. The van der Waals surface area contributed by atoms with Crippen LogP contribution < -0.4 is 15.8 Å². The van der Waals surface area contributed by atoms with Crippen LogP contribution in [-0.4, -0.2) is 62.2 Å². The van der Waals surface area contributed by atoms with E-state index >= 15 is 0 Å². The predicted octanol–water partition coefficient (Wildman–Crippen LogP) is 1.31. The fraction of sp³-hybridized carbons (Fsp3) is 0.250. The molecule has 1 aliphatic heterocycles. The zero-order valence-corrected chi connectivity index (χ0v) is 17.8. The van der Waals surface area contributed by atoms with Crippen LogP contribution in [0.4, 0.5) is 5.69 Å². The van der Waals surface area contributed by atoms with Gasteiger partial charge in [-0.25, -0.2) is 13.2 Å². The largest absolute Gasteiger partial charge is 0.496 e. The SMILES string of the molecule is COc1ccc(S(=O)(=O)N2CCOCC2)cc1C(=O)Nc1cccc(-c2noc(=O)[nH]2)c1. The molecule has 0 unspecified atom stereocenters. The van der Waals surface area contributed by atoms with Gasteiger partial charge in [0.2, 0.25) is 10.0 Å². The Labute approximate surface area is 183 Å². The van der Waals surface area contributed by atoms with Crippen molar-refractivity contribution in [2.45, 2.75) is 4.90 Å². The van der Waals surface area contributed by atoms with Crippen LogP contribution in [0.5, 0.6) is 5.75 Å². The number of aromatic nitrogens is 2. The number of rotatable bonds is 6. The first kappa shape index (κ1) is 21.7. The minimum Gasteiger partial charge on any atom is -0.496 e. The van der Waals surface area contributed by atoms with Gasteiger partial charge in [-0.2, -0.15) is 4.31 Å². The van der Waals surface area contributed by atoms with E-state index in [1.54, 1.807) is 24.3 Å². The molecular weight excluding hydrogens is 440 g/mol. The van der Waals surface area contributed by atoms with Crippen molar-refractivity contribution in [1.29, 1.82) is 0 Å². The second-order valence-electron chi connectivity index (χ2n) is 6.86. The van der Waals surface area contributed by atoms with Crippen molar-refractivity contribution in [3.8, 4) is 17.1 Å². The number of amides is 1. The predicted molar refractivity (Wildman–Crippen MR) is 113 cm³/mol. The molecule has 12 heteroatoms. The van der Waals surface area contributed by atoms with Crippen LogP contribution in [0.25, 0.3) is 11.4 Å². The van der Waals surface area contributed by atoms with Crippen LogP contribution in [0.3, 0.4) is 0 Å². The topological polar surface area (TPSA) is 144 Å². The number of carbonyl (C=O) groups is 1. The number of H-pyrrole nitrogens is 1. The molecule has 3 aromatic rings. The van der Waals surface area contributed by atoms with Crippen LogP contribution >= 0.6 is 0 Å². The van der Waals surface area contributed by atoms with Gasteiger partial charge in [0.1, 0.15) is 5.75 Å². The molecule has 1 aromatic heterocycles. The summed E-state index contributed by atoms with van der Waals surface area (Å²) in [4.78, 5) is 26.6. The van der Waals surface area contributed by atoms with E-state index in [2.05, 4.69) is 20.0 Å². The van der Waals surface area contributed by atoms with Gasteiger partial charge in [0, 0.05) is 24.3 Å².